The molecule has 0 aromatic carbocycles. The van der Waals surface area contributed by atoms with Crippen molar-refractivity contribution in [1.29, 1.82) is 0 Å². The van der Waals surface area contributed by atoms with E-state index in [0.717, 1.165) is 23.1 Å². The van der Waals surface area contributed by atoms with Gasteiger partial charge in [0.15, 0.2) is 0 Å². The summed E-state index contributed by atoms with van der Waals surface area (Å²) >= 11 is 6.14. The monoisotopic (exact) mass is 253 g/mol. The summed E-state index contributed by atoms with van der Waals surface area (Å²) in [6, 6.07) is 4.51. The summed E-state index contributed by atoms with van der Waals surface area (Å²) in [4.78, 5) is 4.55. The summed E-state index contributed by atoms with van der Waals surface area (Å²) in [6.45, 7) is 7.10. The van der Waals surface area contributed by atoms with Gasteiger partial charge in [-0.15, -0.1) is 0 Å². The predicted octanol–water partition coefficient (Wildman–Crippen LogP) is 3.20. The van der Waals surface area contributed by atoms with Crippen LogP contribution in [0.1, 0.15) is 39.3 Å². The van der Waals surface area contributed by atoms with Crippen molar-refractivity contribution < 1.29 is 0 Å². The van der Waals surface area contributed by atoms with E-state index in [-0.39, 0.29) is 5.54 Å². The summed E-state index contributed by atoms with van der Waals surface area (Å²) in [6.07, 6.45) is 2.55. The normalized spacial score (nSPS) is 16.0. The molecular weight excluding hydrogens is 234 g/mol. The van der Waals surface area contributed by atoms with E-state index in [9.17, 15) is 0 Å². The summed E-state index contributed by atoms with van der Waals surface area (Å²) in [5.41, 5.74) is 0.940. The minimum Gasteiger partial charge on any atom is -0.365 e. The molecule has 1 aliphatic rings. The molecule has 0 unspecified atom stereocenters. The predicted molar refractivity (Wildman–Crippen MR) is 72.5 cm³/mol. The van der Waals surface area contributed by atoms with E-state index in [1.165, 1.54) is 12.8 Å². The highest BCUT2D eigenvalue weighted by atomic mass is 35.5. The highest BCUT2D eigenvalue weighted by molar-refractivity contribution is 6.31. The standard InChI is InChI=1S/C13H20ClN3/c1-13(2,3)17-12-7-6-10(14)11(16-12)8-15-9-4-5-9/h6-7,9,15H,4-5,8H2,1-3H3,(H,16,17). The minimum atomic E-state index is 0.0159. The van der Waals surface area contributed by atoms with Crippen LogP contribution in [0.15, 0.2) is 12.1 Å². The highest BCUT2D eigenvalue weighted by Crippen LogP contribution is 2.22. The minimum absolute atomic E-state index is 0.0159. The van der Waals surface area contributed by atoms with E-state index < -0.39 is 0 Å². The molecule has 1 saturated carbocycles. The van der Waals surface area contributed by atoms with Crippen LogP contribution >= 0.6 is 11.6 Å². The molecule has 17 heavy (non-hydrogen) atoms. The Morgan fingerprint density at radius 2 is 2.06 bits per heavy atom. The van der Waals surface area contributed by atoms with E-state index in [4.69, 9.17) is 11.6 Å². The molecule has 3 nitrogen and oxygen atoms in total. The Balaban J connectivity index is 2.05. The highest BCUT2D eigenvalue weighted by Gasteiger charge is 2.21. The fraction of sp³-hybridized carbons (Fsp3) is 0.615. The van der Waals surface area contributed by atoms with Crippen molar-refractivity contribution in [3.05, 3.63) is 22.8 Å². The lowest BCUT2D eigenvalue weighted by atomic mass is 10.1. The van der Waals surface area contributed by atoms with Crippen molar-refractivity contribution in [3.63, 3.8) is 0 Å². The largest absolute Gasteiger partial charge is 0.365 e. The van der Waals surface area contributed by atoms with Gasteiger partial charge in [0.1, 0.15) is 5.82 Å². The quantitative estimate of drug-likeness (QED) is 0.865. The maximum Gasteiger partial charge on any atom is 0.126 e. The van der Waals surface area contributed by atoms with Gasteiger partial charge in [-0.3, -0.25) is 0 Å². The molecule has 0 saturated heterocycles. The molecule has 2 N–H and O–H groups in total. The zero-order valence-corrected chi connectivity index (χ0v) is 11.4. The molecule has 1 aliphatic carbocycles. The first-order valence-corrected chi connectivity index (χ1v) is 6.49. The van der Waals surface area contributed by atoms with Gasteiger partial charge in [0, 0.05) is 18.1 Å². The molecule has 1 aromatic heterocycles. The zero-order valence-electron chi connectivity index (χ0n) is 10.7. The van der Waals surface area contributed by atoms with Crippen molar-refractivity contribution in [3.8, 4) is 0 Å². The van der Waals surface area contributed by atoms with Gasteiger partial charge in [-0.2, -0.15) is 0 Å². The molecule has 0 radical (unpaired) electrons. The Kier molecular flexibility index (Phi) is 3.59. The summed E-state index contributed by atoms with van der Waals surface area (Å²) in [7, 11) is 0. The molecule has 0 spiro atoms. The molecule has 4 heteroatoms. The fourth-order valence-electron chi connectivity index (χ4n) is 1.59. The number of nitrogens with zero attached hydrogens (tertiary/aromatic N) is 1. The van der Waals surface area contributed by atoms with Crippen LogP contribution in [-0.4, -0.2) is 16.6 Å². The average molecular weight is 254 g/mol. The second kappa shape index (κ2) is 4.83. The summed E-state index contributed by atoms with van der Waals surface area (Å²) in [5.74, 6) is 0.884. The maximum atomic E-state index is 6.14. The van der Waals surface area contributed by atoms with Crippen LogP contribution in [0, 0.1) is 0 Å². The van der Waals surface area contributed by atoms with Gasteiger partial charge in [-0.25, -0.2) is 4.98 Å². The Labute approximate surface area is 108 Å². The summed E-state index contributed by atoms with van der Waals surface area (Å²) < 4.78 is 0. The third kappa shape index (κ3) is 4.17. The third-order valence-corrected chi connectivity index (χ3v) is 2.90. The van der Waals surface area contributed by atoms with Gasteiger partial charge in [0.2, 0.25) is 0 Å². The van der Waals surface area contributed by atoms with E-state index in [1.54, 1.807) is 0 Å². The van der Waals surface area contributed by atoms with Crippen LogP contribution in [0.25, 0.3) is 0 Å². The van der Waals surface area contributed by atoms with Gasteiger partial charge in [0.25, 0.3) is 0 Å². The number of rotatable bonds is 4. The van der Waals surface area contributed by atoms with Crippen LogP contribution in [0.3, 0.4) is 0 Å². The van der Waals surface area contributed by atoms with Crippen molar-refractivity contribution in [2.24, 2.45) is 0 Å². The lowest BCUT2D eigenvalue weighted by Gasteiger charge is -2.21. The Morgan fingerprint density at radius 3 is 2.65 bits per heavy atom. The fourth-order valence-corrected chi connectivity index (χ4v) is 1.76. The number of anilines is 1. The topological polar surface area (TPSA) is 37.0 Å². The van der Waals surface area contributed by atoms with Crippen molar-refractivity contribution >= 4 is 17.4 Å². The first kappa shape index (κ1) is 12.7. The molecule has 1 heterocycles. The Bertz CT molecular complexity index is 394. The van der Waals surface area contributed by atoms with Gasteiger partial charge in [-0.1, -0.05) is 11.6 Å². The smallest absolute Gasteiger partial charge is 0.126 e. The van der Waals surface area contributed by atoms with Gasteiger partial charge >= 0.3 is 0 Å². The average Bonchev–Trinajstić information content (AvgIpc) is 3.00. The third-order valence-electron chi connectivity index (χ3n) is 2.56. The molecule has 2 rings (SSSR count). The molecule has 0 atom stereocenters. The van der Waals surface area contributed by atoms with Gasteiger partial charge in [-0.05, 0) is 45.7 Å². The van der Waals surface area contributed by atoms with Crippen LogP contribution in [0.2, 0.25) is 5.02 Å². The van der Waals surface area contributed by atoms with Gasteiger partial charge in [0.05, 0.1) is 10.7 Å². The van der Waals surface area contributed by atoms with E-state index in [2.05, 4.69) is 36.4 Å². The van der Waals surface area contributed by atoms with Crippen LogP contribution in [0.5, 0.6) is 0 Å². The lowest BCUT2D eigenvalue weighted by Crippen LogP contribution is -2.27. The van der Waals surface area contributed by atoms with E-state index in [1.807, 2.05) is 12.1 Å². The zero-order chi connectivity index (χ0) is 12.5. The maximum absolute atomic E-state index is 6.14. The second-order valence-corrected chi connectivity index (χ2v) is 6.06. The van der Waals surface area contributed by atoms with Crippen LogP contribution < -0.4 is 10.6 Å². The lowest BCUT2D eigenvalue weighted by molar-refractivity contribution is 0.627. The Morgan fingerprint density at radius 1 is 1.35 bits per heavy atom. The molecule has 0 aliphatic heterocycles. The molecular formula is C13H20ClN3. The number of hydrogen-bond acceptors (Lipinski definition) is 3. The Hall–Kier alpha value is -0.800. The number of nitrogens with one attached hydrogen (secondary N) is 2. The first-order chi connectivity index (χ1) is 7.94. The number of hydrogen-bond donors (Lipinski definition) is 2. The summed E-state index contributed by atoms with van der Waals surface area (Å²) in [5, 5.41) is 7.52. The second-order valence-electron chi connectivity index (χ2n) is 5.66. The molecule has 94 valence electrons. The molecule has 0 bridgehead atoms. The van der Waals surface area contributed by atoms with Crippen molar-refractivity contribution in [2.75, 3.05) is 5.32 Å². The number of pyridine rings is 1. The van der Waals surface area contributed by atoms with Crippen molar-refractivity contribution in [1.82, 2.24) is 10.3 Å². The molecule has 1 fully saturated rings. The first-order valence-electron chi connectivity index (χ1n) is 6.11. The van der Waals surface area contributed by atoms with Crippen molar-refractivity contribution in [2.45, 2.75) is 51.7 Å². The SMILES string of the molecule is CC(C)(C)Nc1ccc(Cl)c(CNC2CC2)n1. The molecule has 0 amide bonds. The van der Waals surface area contributed by atoms with E-state index in [0.29, 0.717) is 6.04 Å². The molecule has 1 aromatic rings. The number of halogens is 1. The number of aromatic nitrogens is 1. The van der Waals surface area contributed by atoms with Gasteiger partial charge < -0.3 is 10.6 Å². The van der Waals surface area contributed by atoms with Crippen LogP contribution in [0.4, 0.5) is 5.82 Å². The van der Waals surface area contributed by atoms with E-state index >= 15 is 0 Å². The van der Waals surface area contributed by atoms with Crippen LogP contribution in [-0.2, 0) is 6.54 Å².